The number of hydrogen-bond acceptors (Lipinski definition) is 3. The Morgan fingerprint density at radius 3 is 2.67 bits per heavy atom. The van der Waals surface area contributed by atoms with Crippen LogP contribution < -0.4 is 5.32 Å². The highest BCUT2D eigenvalue weighted by Gasteiger charge is 2.21. The van der Waals surface area contributed by atoms with Crippen LogP contribution in [0, 0.1) is 0 Å². The average Bonchev–Trinajstić information content (AvgIpc) is 2.63. The highest BCUT2D eigenvalue weighted by Crippen LogP contribution is 2.21. The summed E-state index contributed by atoms with van der Waals surface area (Å²) in [7, 11) is 0. The summed E-state index contributed by atoms with van der Waals surface area (Å²) in [6, 6.07) is 17.2. The fraction of sp³-hybridized carbons (Fsp3) is 0.316. The van der Waals surface area contributed by atoms with Gasteiger partial charge in [0.15, 0.2) is 0 Å². The quantitative estimate of drug-likeness (QED) is 0.906. The number of hydrogen-bond donors (Lipinski definition) is 1. The Morgan fingerprint density at radius 2 is 1.92 bits per heavy atom. The number of nitrogens with zero attached hydrogens (tertiary/aromatic N) is 1. The predicted molar refractivity (Wildman–Crippen MR) is 95.4 cm³/mol. The zero-order chi connectivity index (χ0) is 16.8. The van der Waals surface area contributed by atoms with E-state index in [9.17, 15) is 4.79 Å². The second-order valence-corrected chi connectivity index (χ2v) is 6.27. The monoisotopic (exact) mass is 344 g/mol. The molecule has 0 bridgehead atoms. The molecule has 3 rings (SSSR count). The van der Waals surface area contributed by atoms with Crippen molar-refractivity contribution in [2.45, 2.75) is 6.10 Å². The largest absolute Gasteiger partial charge is 0.371 e. The van der Waals surface area contributed by atoms with E-state index in [4.69, 9.17) is 16.3 Å². The maximum Gasteiger partial charge on any atom is 0.251 e. The molecule has 1 atom stereocenters. The van der Waals surface area contributed by atoms with Crippen molar-refractivity contribution in [3.8, 4) is 0 Å². The molecule has 0 radical (unpaired) electrons. The summed E-state index contributed by atoms with van der Waals surface area (Å²) < 4.78 is 5.86. The molecule has 0 saturated carbocycles. The average molecular weight is 345 g/mol. The molecule has 4 nitrogen and oxygen atoms in total. The zero-order valence-electron chi connectivity index (χ0n) is 13.5. The third-order valence-electron chi connectivity index (χ3n) is 4.14. The van der Waals surface area contributed by atoms with Crippen molar-refractivity contribution in [2.75, 3.05) is 32.8 Å². The number of amides is 1. The first-order chi connectivity index (χ1) is 11.7. The lowest BCUT2D eigenvalue weighted by molar-refractivity contribution is -0.0293. The summed E-state index contributed by atoms with van der Waals surface area (Å²) >= 11 is 5.84. The van der Waals surface area contributed by atoms with E-state index in [-0.39, 0.29) is 12.0 Å². The molecular weight excluding hydrogens is 324 g/mol. The number of nitrogens with one attached hydrogen (secondary N) is 1. The van der Waals surface area contributed by atoms with Gasteiger partial charge in [-0.3, -0.25) is 9.69 Å². The lowest BCUT2D eigenvalue weighted by atomic mass is 10.1. The third kappa shape index (κ3) is 4.57. The van der Waals surface area contributed by atoms with Gasteiger partial charge < -0.3 is 10.1 Å². The summed E-state index contributed by atoms with van der Waals surface area (Å²) in [5, 5.41) is 3.59. The molecule has 1 heterocycles. The Balaban J connectivity index is 1.46. The zero-order valence-corrected chi connectivity index (χ0v) is 14.2. The molecule has 0 aromatic heterocycles. The maximum atomic E-state index is 12.1. The van der Waals surface area contributed by atoms with E-state index in [1.54, 1.807) is 24.3 Å². The Labute approximate surface area is 147 Å². The maximum absolute atomic E-state index is 12.1. The van der Waals surface area contributed by atoms with Crippen molar-refractivity contribution in [2.24, 2.45) is 0 Å². The molecule has 1 aliphatic heterocycles. The SMILES string of the molecule is O=C(NCCN1CCOC(c2ccccc2)C1)c1ccc(Cl)cc1. The van der Waals surface area contributed by atoms with E-state index in [0.29, 0.717) is 23.7 Å². The minimum Gasteiger partial charge on any atom is -0.371 e. The summed E-state index contributed by atoms with van der Waals surface area (Å²) in [6.45, 7) is 3.88. The van der Waals surface area contributed by atoms with Gasteiger partial charge in [0, 0.05) is 36.8 Å². The molecule has 5 heteroatoms. The van der Waals surface area contributed by atoms with Crippen molar-refractivity contribution < 1.29 is 9.53 Å². The van der Waals surface area contributed by atoms with Crippen LogP contribution in [0.5, 0.6) is 0 Å². The predicted octanol–water partition coefficient (Wildman–Crippen LogP) is 3.14. The molecule has 1 aliphatic rings. The van der Waals surface area contributed by atoms with Gasteiger partial charge in [0.2, 0.25) is 0 Å². The van der Waals surface area contributed by atoms with Crippen LogP contribution in [0.1, 0.15) is 22.0 Å². The Bertz CT molecular complexity index is 661. The van der Waals surface area contributed by atoms with Crippen LogP contribution >= 0.6 is 11.6 Å². The Hall–Kier alpha value is -1.88. The van der Waals surface area contributed by atoms with Gasteiger partial charge in [-0.15, -0.1) is 0 Å². The number of carbonyl (C=O) groups is 1. The molecule has 24 heavy (non-hydrogen) atoms. The number of morpholine rings is 1. The highest BCUT2D eigenvalue weighted by molar-refractivity contribution is 6.30. The van der Waals surface area contributed by atoms with Crippen LogP contribution in [0.4, 0.5) is 0 Å². The summed E-state index contributed by atoms with van der Waals surface area (Å²) in [4.78, 5) is 14.4. The van der Waals surface area contributed by atoms with E-state index >= 15 is 0 Å². The summed E-state index contributed by atoms with van der Waals surface area (Å²) in [6.07, 6.45) is 0.104. The van der Waals surface area contributed by atoms with Gasteiger partial charge in [0.05, 0.1) is 12.7 Å². The van der Waals surface area contributed by atoms with Gasteiger partial charge in [-0.2, -0.15) is 0 Å². The standard InChI is InChI=1S/C19H21ClN2O2/c20-17-8-6-16(7-9-17)19(23)21-10-11-22-12-13-24-18(14-22)15-4-2-1-3-5-15/h1-9,18H,10-14H2,(H,21,23). The lowest BCUT2D eigenvalue weighted by Crippen LogP contribution is -2.42. The molecular formula is C19H21ClN2O2. The van der Waals surface area contributed by atoms with Gasteiger partial charge in [0.25, 0.3) is 5.91 Å². The molecule has 1 saturated heterocycles. The fourth-order valence-corrected chi connectivity index (χ4v) is 2.93. The molecule has 1 unspecified atom stereocenters. The van der Waals surface area contributed by atoms with E-state index < -0.39 is 0 Å². The molecule has 1 N–H and O–H groups in total. The summed E-state index contributed by atoms with van der Waals surface area (Å²) in [5.74, 6) is -0.0699. The first-order valence-corrected chi connectivity index (χ1v) is 8.53. The van der Waals surface area contributed by atoms with Gasteiger partial charge in [0.1, 0.15) is 0 Å². The second-order valence-electron chi connectivity index (χ2n) is 5.83. The highest BCUT2D eigenvalue weighted by atomic mass is 35.5. The van der Waals surface area contributed by atoms with Crippen LogP contribution in [-0.2, 0) is 4.74 Å². The van der Waals surface area contributed by atoms with E-state index in [1.807, 2.05) is 18.2 Å². The topological polar surface area (TPSA) is 41.6 Å². The van der Waals surface area contributed by atoms with E-state index in [2.05, 4.69) is 22.3 Å². The van der Waals surface area contributed by atoms with Crippen LogP contribution in [0.3, 0.4) is 0 Å². The smallest absolute Gasteiger partial charge is 0.251 e. The Kier molecular flexibility index (Phi) is 5.86. The molecule has 0 spiro atoms. The molecule has 2 aromatic carbocycles. The first-order valence-electron chi connectivity index (χ1n) is 8.15. The van der Waals surface area contributed by atoms with Crippen LogP contribution in [0.15, 0.2) is 54.6 Å². The number of rotatable bonds is 5. The minimum atomic E-state index is -0.0699. The number of benzene rings is 2. The van der Waals surface area contributed by atoms with Crippen molar-refractivity contribution in [1.82, 2.24) is 10.2 Å². The summed E-state index contributed by atoms with van der Waals surface area (Å²) in [5.41, 5.74) is 1.83. The van der Waals surface area contributed by atoms with Crippen LogP contribution in [0.2, 0.25) is 5.02 Å². The van der Waals surface area contributed by atoms with E-state index in [1.165, 1.54) is 5.56 Å². The van der Waals surface area contributed by atoms with Gasteiger partial charge in [-0.25, -0.2) is 0 Å². The number of carbonyl (C=O) groups excluding carboxylic acids is 1. The van der Waals surface area contributed by atoms with Gasteiger partial charge in [-0.1, -0.05) is 41.9 Å². The lowest BCUT2D eigenvalue weighted by Gasteiger charge is -2.33. The normalized spacial score (nSPS) is 18.3. The van der Waals surface area contributed by atoms with Crippen molar-refractivity contribution in [1.29, 1.82) is 0 Å². The molecule has 0 aliphatic carbocycles. The van der Waals surface area contributed by atoms with Gasteiger partial charge in [-0.05, 0) is 29.8 Å². The first kappa shape index (κ1) is 17.0. The molecule has 1 fully saturated rings. The van der Waals surface area contributed by atoms with E-state index in [0.717, 1.165) is 19.6 Å². The molecule has 2 aromatic rings. The number of halogens is 1. The third-order valence-corrected chi connectivity index (χ3v) is 4.39. The second kappa shape index (κ2) is 8.29. The van der Waals surface area contributed by atoms with Crippen molar-refractivity contribution in [3.63, 3.8) is 0 Å². The van der Waals surface area contributed by atoms with Crippen LogP contribution in [0.25, 0.3) is 0 Å². The Morgan fingerprint density at radius 1 is 1.17 bits per heavy atom. The van der Waals surface area contributed by atoms with Crippen LogP contribution in [-0.4, -0.2) is 43.6 Å². The fourth-order valence-electron chi connectivity index (χ4n) is 2.81. The minimum absolute atomic E-state index is 0.0699. The number of ether oxygens (including phenoxy) is 1. The molecule has 126 valence electrons. The van der Waals surface area contributed by atoms with Crippen molar-refractivity contribution >= 4 is 17.5 Å². The van der Waals surface area contributed by atoms with Gasteiger partial charge >= 0.3 is 0 Å². The molecule has 1 amide bonds. The van der Waals surface area contributed by atoms with Crippen molar-refractivity contribution in [3.05, 3.63) is 70.7 Å².